The third-order valence-corrected chi connectivity index (χ3v) is 3.98. The summed E-state index contributed by atoms with van der Waals surface area (Å²) >= 11 is 0. The number of alkyl halides is 3. The van der Waals surface area contributed by atoms with Crippen LogP contribution in [0.4, 0.5) is 18.0 Å². The van der Waals surface area contributed by atoms with Crippen molar-refractivity contribution in [1.82, 2.24) is 9.80 Å². The van der Waals surface area contributed by atoms with Crippen molar-refractivity contribution < 1.29 is 22.8 Å². The second-order valence-electron chi connectivity index (χ2n) is 5.92. The van der Waals surface area contributed by atoms with Crippen molar-refractivity contribution >= 4 is 11.9 Å². The van der Waals surface area contributed by atoms with Crippen molar-refractivity contribution in [3.63, 3.8) is 0 Å². The van der Waals surface area contributed by atoms with Gasteiger partial charge in [-0.2, -0.15) is 13.2 Å². The quantitative estimate of drug-likeness (QED) is 0.912. The number of hydrogen-bond donors (Lipinski definition) is 1. The number of carbonyl (C=O) groups is 2. The van der Waals surface area contributed by atoms with Gasteiger partial charge in [0.15, 0.2) is 0 Å². The molecular formula is C16H20F3N3O2. The van der Waals surface area contributed by atoms with E-state index in [0.29, 0.717) is 24.9 Å². The lowest BCUT2D eigenvalue weighted by Gasteiger charge is -2.34. The van der Waals surface area contributed by atoms with Crippen molar-refractivity contribution in [2.45, 2.75) is 25.6 Å². The molecule has 0 aromatic heterocycles. The highest BCUT2D eigenvalue weighted by atomic mass is 19.4. The van der Waals surface area contributed by atoms with Gasteiger partial charge in [-0.05, 0) is 18.4 Å². The number of piperidine rings is 1. The van der Waals surface area contributed by atoms with E-state index in [1.165, 1.54) is 4.90 Å². The zero-order chi connectivity index (χ0) is 17.7. The van der Waals surface area contributed by atoms with Gasteiger partial charge < -0.3 is 15.5 Å². The van der Waals surface area contributed by atoms with Crippen LogP contribution in [-0.2, 0) is 11.3 Å². The number of rotatable bonds is 4. The van der Waals surface area contributed by atoms with Gasteiger partial charge in [0, 0.05) is 19.6 Å². The summed E-state index contributed by atoms with van der Waals surface area (Å²) in [5.74, 6) is -1.25. The summed E-state index contributed by atoms with van der Waals surface area (Å²) in [6.45, 7) is -0.936. The van der Waals surface area contributed by atoms with Gasteiger partial charge in [0.1, 0.15) is 6.54 Å². The lowest BCUT2D eigenvalue weighted by atomic mass is 9.96. The van der Waals surface area contributed by atoms with E-state index in [2.05, 4.69) is 0 Å². The van der Waals surface area contributed by atoms with Crippen LogP contribution < -0.4 is 5.73 Å². The smallest absolute Gasteiger partial charge is 0.351 e. The van der Waals surface area contributed by atoms with Crippen LogP contribution in [0.1, 0.15) is 18.4 Å². The van der Waals surface area contributed by atoms with Gasteiger partial charge in [-0.1, -0.05) is 30.3 Å². The molecule has 5 nitrogen and oxygen atoms in total. The maximum Gasteiger partial charge on any atom is 0.406 e. The van der Waals surface area contributed by atoms with Crippen LogP contribution >= 0.6 is 0 Å². The highest BCUT2D eigenvalue weighted by molar-refractivity contribution is 5.80. The van der Waals surface area contributed by atoms with E-state index < -0.39 is 30.6 Å². The van der Waals surface area contributed by atoms with E-state index in [1.807, 2.05) is 0 Å². The van der Waals surface area contributed by atoms with Crippen molar-refractivity contribution in [2.75, 3.05) is 19.6 Å². The number of benzene rings is 1. The second-order valence-corrected chi connectivity index (χ2v) is 5.92. The minimum Gasteiger partial charge on any atom is -0.351 e. The minimum absolute atomic E-state index is 0.0668. The number of primary amides is 1. The highest BCUT2D eigenvalue weighted by Gasteiger charge is 2.37. The molecule has 1 saturated heterocycles. The summed E-state index contributed by atoms with van der Waals surface area (Å²) in [6, 6.07) is 7.87. The van der Waals surface area contributed by atoms with Crippen LogP contribution in [0.5, 0.6) is 0 Å². The molecule has 132 valence electrons. The molecule has 2 rings (SSSR count). The average Bonchev–Trinajstić information content (AvgIpc) is 2.53. The number of likely N-dealkylation sites (tertiary alicyclic amines) is 1. The third kappa shape index (κ3) is 5.14. The molecule has 0 aliphatic carbocycles. The molecule has 0 saturated carbocycles. The first-order valence-electron chi connectivity index (χ1n) is 7.70. The van der Waals surface area contributed by atoms with Crippen LogP contribution in [-0.4, -0.2) is 47.5 Å². The molecule has 0 radical (unpaired) electrons. The van der Waals surface area contributed by atoms with E-state index in [9.17, 15) is 22.8 Å². The van der Waals surface area contributed by atoms with Gasteiger partial charge in [-0.15, -0.1) is 0 Å². The average molecular weight is 343 g/mol. The normalized spacial score (nSPS) is 18.3. The summed E-state index contributed by atoms with van der Waals surface area (Å²) < 4.78 is 38.6. The standard InChI is InChI=1S/C16H20F3N3O2/c17-16(18,19)11-22(9-12-5-2-1-3-6-12)14(23)13-7-4-8-21(10-13)15(20)24/h1-3,5-6,13H,4,7-11H2,(H2,20,24). The molecule has 0 spiro atoms. The number of hydrogen-bond acceptors (Lipinski definition) is 2. The van der Waals surface area contributed by atoms with Crippen molar-refractivity contribution in [1.29, 1.82) is 0 Å². The summed E-state index contributed by atoms with van der Waals surface area (Å²) in [5.41, 5.74) is 5.84. The number of carbonyl (C=O) groups excluding carboxylic acids is 2. The molecule has 1 atom stereocenters. The van der Waals surface area contributed by atoms with Gasteiger partial charge >= 0.3 is 12.2 Å². The van der Waals surface area contributed by atoms with Crippen LogP contribution in [0.3, 0.4) is 0 Å². The number of urea groups is 1. The van der Waals surface area contributed by atoms with Gasteiger partial charge in [0.25, 0.3) is 0 Å². The largest absolute Gasteiger partial charge is 0.406 e. The number of amides is 3. The monoisotopic (exact) mass is 343 g/mol. The van der Waals surface area contributed by atoms with Crippen molar-refractivity contribution in [3.8, 4) is 0 Å². The molecule has 1 aromatic rings. The van der Waals surface area contributed by atoms with E-state index in [0.717, 1.165) is 4.90 Å². The Kier molecular flexibility index (Phi) is 5.69. The van der Waals surface area contributed by atoms with E-state index in [-0.39, 0.29) is 13.1 Å². The summed E-state index contributed by atoms with van der Waals surface area (Å²) in [5, 5.41) is 0. The first-order chi connectivity index (χ1) is 11.3. The molecule has 24 heavy (non-hydrogen) atoms. The Hall–Kier alpha value is -2.25. The maximum atomic E-state index is 12.9. The Labute approximate surface area is 138 Å². The van der Waals surface area contributed by atoms with Crippen LogP contribution in [0.15, 0.2) is 30.3 Å². The third-order valence-electron chi connectivity index (χ3n) is 3.98. The predicted molar refractivity (Wildman–Crippen MR) is 81.8 cm³/mol. The molecule has 1 unspecified atom stereocenters. The molecule has 1 aromatic carbocycles. The molecule has 0 bridgehead atoms. The van der Waals surface area contributed by atoms with Crippen molar-refractivity contribution in [2.24, 2.45) is 11.7 Å². The first kappa shape index (κ1) is 18.1. The Bertz CT molecular complexity index is 578. The van der Waals surface area contributed by atoms with Gasteiger partial charge in [-0.3, -0.25) is 4.79 Å². The zero-order valence-electron chi connectivity index (χ0n) is 13.1. The van der Waals surface area contributed by atoms with Crippen molar-refractivity contribution in [3.05, 3.63) is 35.9 Å². The fourth-order valence-electron chi connectivity index (χ4n) is 2.87. The Morgan fingerprint density at radius 2 is 1.92 bits per heavy atom. The first-order valence-corrected chi connectivity index (χ1v) is 7.70. The summed E-state index contributed by atoms with van der Waals surface area (Å²) in [6.07, 6.45) is -3.49. The lowest BCUT2D eigenvalue weighted by molar-refractivity contribution is -0.165. The molecule has 1 fully saturated rings. The Balaban J connectivity index is 2.13. The van der Waals surface area contributed by atoms with Crippen LogP contribution in [0.25, 0.3) is 0 Å². The van der Waals surface area contributed by atoms with E-state index in [1.54, 1.807) is 30.3 Å². The SMILES string of the molecule is NC(=O)N1CCCC(C(=O)N(Cc2ccccc2)CC(F)(F)F)C1. The fourth-order valence-corrected chi connectivity index (χ4v) is 2.87. The number of nitrogens with zero attached hydrogens (tertiary/aromatic N) is 2. The predicted octanol–water partition coefficient (Wildman–Crippen LogP) is 2.37. The van der Waals surface area contributed by atoms with Crippen LogP contribution in [0.2, 0.25) is 0 Å². The highest BCUT2D eigenvalue weighted by Crippen LogP contribution is 2.24. The molecule has 3 amide bonds. The number of halogens is 3. The second kappa shape index (κ2) is 7.55. The summed E-state index contributed by atoms with van der Waals surface area (Å²) in [7, 11) is 0. The molecule has 2 N–H and O–H groups in total. The van der Waals surface area contributed by atoms with Gasteiger partial charge in [-0.25, -0.2) is 4.79 Å². The Morgan fingerprint density at radius 1 is 1.25 bits per heavy atom. The zero-order valence-corrected chi connectivity index (χ0v) is 13.1. The lowest BCUT2D eigenvalue weighted by Crippen LogP contribution is -2.49. The molecular weight excluding hydrogens is 323 g/mol. The van der Waals surface area contributed by atoms with Gasteiger partial charge in [0.2, 0.25) is 5.91 Å². The molecule has 8 heteroatoms. The maximum absolute atomic E-state index is 12.9. The Morgan fingerprint density at radius 3 is 2.50 bits per heavy atom. The van der Waals surface area contributed by atoms with E-state index in [4.69, 9.17) is 5.73 Å². The molecule has 1 heterocycles. The van der Waals surface area contributed by atoms with Gasteiger partial charge in [0.05, 0.1) is 5.92 Å². The topological polar surface area (TPSA) is 66.6 Å². The molecule has 1 aliphatic rings. The molecule has 1 aliphatic heterocycles. The van der Waals surface area contributed by atoms with E-state index >= 15 is 0 Å². The fraction of sp³-hybridized carbons (Fsp3) is 0.500. The minimum atomic E-state index is -4.48. The van der Waals surface area contributed by atoms with Crippen LogP contribution in [0, 0.1) is 5.92 Å². The summed E-state index contributed by atoms with van der Waals surface area (Å²) in [4.78, 5) is 26.0. The number of nitrogens with two attached hydrogens (primary N) is 1.